The minimum Gasteiger partial charge on any atom is -0.321 e. The zero-order valence-electron chi connectivity index (χ0n) is 19.4. The summed E-state index contributed by atoms with van der Waals surface area (Å²) in [5, 5.41) is 6.93. The molecule has 0 aliphatic heterocycles. The number of carbonyl (C=O) groups is 2. The molecular formula is C28H23BrN4O2S. The van der Waals surface area contributed by atoms with Crippen molar-refractivity contribution in [2.24, 2.45) is 5.10 Å². The largest absolute Gasteiger partial charge is 0.321 e. The van der Waals surface area contributed by atoms with Gasteiger partial charge in [0.25, 0.3) is 11.8 Å². The van der Waals surface area contributed by atoms with Gasteiger partial charge in [-0.25, -0.2) is 5.43 Å². The fourth-order valence-corrected chi connectivity index (χ4v) is 4.58. The van der Waals surface area contributed by atoms with Crippen molar-refractivity contribution < 1.29 is 9.59 Å². The molecule has 36 heavy (non-hydrogen) atoms. The summed E-state index contributed by atoms with van der Waals surface area (Å²) in [6, 6.07) is 24.2. The molecule has 0 saturated carbocycles. The number of nitrogens with zero attached hydrogens (tertiary/aromatic N) is 2. The lowest BCUT2D eigenvalue weighted by Gasteiger charge is -2.11. The van der Waals surface area contributed by atoms with Crippen LogP contribution in [0.2, 0.25) is 0 Å². The van der Waals surface area contributed by atoms with Crippen molar-refractivity contribution in [3.63, 3.8) is 0 Å². The maximum Gasteiger partial charge on any atom is 0.273 e. The van der Waals surface area contributed by atoms with Crippen molar-refractivity contribution in [2.45, 2.75) is 17.6 Å². The van der Waals surface area contributed by atoms with E-state index >= 15 is 0 Å². The highest BCUT2D eigenvalue weighted by Gasteiger charge is 2.15. The molecular weight excluding hydrogens is 536 g/mol. The number of rotatable bonds is 8. The number of halogens is 1. The van der Waals surface area contributed by atoms with Gasteiger partial charge in [0.05, 0.1) is 17.5 Å². The molecule has 0 bridgehead atoms. The Bertz CT molecular complexity index is 1410. The monoisotopic (exact) mass is 558 g/mol. The number of hydrazone groups is 1. The highest BCUT2D eigenvalue weighted by Crippen LogP contribution is 2.24. The topological polar surface area (TPSA) is 83.5 Å². The molecule has 4 aromatic rings. The number of hydrogen-bond acceptors (Lipinski definition) is 5. The van der Waals surface area contributed by atoms with Crippen molar-refractivity contribution in [1.82, 2.24) is 10.4 Å². The van der Waals surface area contributed by atoms with E-state index in [1.54, 1.807) is 54.6 Å². The molecule has 3 aromatic carbocycles. The number of hydrogen-bond donors (Lipinski definition) is 2. The highest BCUT2D eigenvalue weighted by atomic mass is 79.9. The van der Waals surface area contributed by atoms with Gasteiger partial charge in [0.1, 0.15) is 0 Å². The Kier molecular flexibility index (Phi) is 8.65. The third-order valence-electron chi connectivity index (χ3n) is 5.14. The van der Waals surface area contributed by atoms with Gasteiger partial charge in [-0.15, -0.1) is 11.8 Å². The summed E-state index contributed by atoms with van der Waals surface area (Å²) < 4.78 is 0.712. The molecule has 0 fully saturated rings. The molecule has 0 saturated heterocycles. The van der Waals surface area contributed by atoms with Gasteiger partial charge >= 0.3 is 0 Å². The summed E-state index contributed by atoms with van der Waals surface area (Å²) in [6.45, 7) is 1.99. The predicted octanol–water partition coefficient (Wildman–Crippen LogP) is 6.46. The summed E-state index contributed by atoms with van der Waals surface area (Å²) in [4.78, 5) is 31.0. The lowest BCUT2D eigenvalue weighted by molar-refractivity contribution is 0.0956. The molecule has 1 aromatic heterocycles. The van der Waals surface area contributed by atoms with Crippen molar-refractivity contribution in [3.05, 3.63) is 124 Å². The Morgan fingerprint density at radius 2 is 1.78 bits per heavy atom. The van der Waals surface area contributed by atoms with Crippen LogP contribution in [0.4, 0.5) is 5.69 Å². The Balaban J connectivity index is 1.44. The number of anilines is 1. The first-order valence-electron chi connectivity index (χ1n) is 11.1. The van der Waals surface area contributed by atoms with E-state index in [9.17, 15) is 9.59 Å². The summed E-state index contributed by atoms with van der Waals surface area (Å²) >= 11 is 5.07. The van der Waals surface area contributed by atoms with Gasteiger partial charge in [-0.1, -0.05) is 57.9 Å². The predicted molar refractivity (Wildman–Crippen MR) is 149 cm³/mol. The van der Waals surface area contributed by atoms with Crippen LogP contribution in [0.25, 0.3) is 0 Å². The van der Waals surface area contributed by atoms with Crippen molar-refractivity contribution in [2.75, 3.05) is 5.32 Å². The van der Waals surface area contributed by atoms with E-state index in [0.717, 1.165) is 27.3 Å². The molecule has 0 aliphatic carbocycles. The van der Waals surface area contributed by atoms with Crippen molar-refractivity contribution in [3.8, 4) is 0 Å². The first-order valence-corrected chi connectivity index (χ1v) is 12.9. The van der Waals surface area contributed by atoms with E-state index in [1.165, 1.54) is 0 Å². The minimum absolute atomic E-state index is 0.295. The minimum atomic E-state index is -0.432. The zero-order chi connectivity index (χ0) is 25.3. The second-order valence-electron chi connectivity index (χ2n) is 7.93. The molecule has 180 valence electrons. The molecule has 0 radical (unpaired) electrons. The maximum atomic E-state index is 13.0. The van der Waals surface area contributed by atoms with Crippen LogP contribution in [0, 0.1) is 6.92 Å². The lowest BCUT2D eigenvalue weighted by Crippen LogP contribution is -2.21. The summed E-state index contributed by atoms with van der Waals surface area (Å²) in [5.41, 5.74) is 6.73. The fourth-order valence-electron chi connectivity index (χ4n) is 3.39. The first-order chi connectivity index (χ1) is 17.5. The number of carbonyl (C=O) groups excluding carboxylic acids is 2. The van der Waals surface area contributed by atoms with Crippen LogP contribution in [0.5, 0.6) is 0 Å². The van der Waals surface area contributed by atoms with Gasteiger partial charge in [0.15, 0.2) is 0 Å². The van der Waals surface area contributed by atoms with E-state index in [1.807, 2.05) is 61.5 Å². The van der Waals surface area contributed by atoms with E-state index in [4.69, 9.17) is 0 Å². The molecule has 6 nitrogen and oxygen atoms in total. The number of aromatic nitrogens is 1. The Morgan fingerprint density at radius 1 is 0.972 bits per heavy atom. The Morgan fingerprint density at radius 3 is 2.58 bits per heavy atom. The molecule has 0 spiro atoms. The molecule has 8 heteroatoms. The van der Waals surface area contributed by atoms with Gasteiger partial charge in [-0.3, -0.25) is 14.6 Å². The molecule has 0 unspecified atom stereocenters. The number of pyridine rings is 1. The molecule has 2 amide bonds. The summed E-state index contributed by atoms with van der Waals surface area (Å²) in [6.07, 6.45) is 5.09. The lowest BCUT2D eigenvalue weighted by atomic mass is 10.1. The average molecular weight is 559 g/mol. The first kappa shape index (κ1) is 25.3. The second kappa shape index (κ2) is 12.3. The average Bonchev–Trinajstić information content (AvgIpc) is 2.89. The van der Waals surface area contributed by atoms with E-state index < -0.39 is 5.91 Å². The smallest absolute Gasteiger partial charge is 0.273 e. The SMILES string of the molecule is Cc1cccc(C=NNC(=O)c2cc(Br)ccc2NC(=O)c2cccc(CSc3ccncc3)c2)c1. The molecule has 2 N–H and O–H groups in total. The zero-order valence-corrected chi connectivity index (χ0v) is 21.8. The quantitative estimate of drug-likeness (QED) is 0.147. The number of nitrogens with one attached hydrogen (secondary N) is 2. The number of amides is 2. The summed E-state index contributed by atoms with van der Waals surface area (Å²) in [7, 11) is 0. The van der Waals surface area contributed by atoms with Gasteiger partial charge in [0.2, 0.25) is 0 Å². The van der Waals surface area contributed by atoms with Crippen molar-refractivity contribution in [1.29, 1.82) is 0 Å². The van der Waals surface area contributed by atoms with E-state index in [-0.39, 0.29) is 5.91 Å². The van der Waals surface area contributed by atoms with Crippen LogP contribution in [-0.2, 0) is 5.75 Å². The third-order valence-corrected chi connectivity index (χ3v) is 6.72. The van der Waals surface area contributed by atoms with Crippen LogP contribution >= 0.6 is 27.7 Å². The third kappa shape index (κ3) is 7.13. The molecule has 1 heterocycles. The van der Waals surface area contributed by atoms with Crippen LogP contribution < -0.4 is 10.7 Å². The molecule has 0 atom stereocenters. The van der Waals surface area contributed by atoms with Gasteiger partial charge in [-0.2, -0.15) is 5.10 Å². The number of aryl methyl sites for hydroxylation is 1. The van der Waals surface area contributed by atoms with Crippen LogP contribution in [0.15, 0.2) is 106 Å². The van der Waals surface area contributed by atoms with Crippen LogP contribution in [-0.4, -0.2) is 23.0 Å². The fraction of sp³-hybridized carbons (Fsp3) is 0.0714. The van der Waals surface area contributed by atoms with Crippen molar-refractivity contribution >= 4 is 51.4 Å². The molecule has 4 rings (SSSR count). The Labute approximate surface area is 222 Å². The second-order valence-corrected chi connectivity index (χ2v) is 9.89. The summed E-state index contributed by atoms with van der Waals surface area (Å²) in [5.74, 6) is -0.0147. The van der Waals surface area contributed by atoms with Gasteiger partial charge in [-0.05, 0) is 60.5 Å². The Hall–Kier alpha value is -3.75. The van der Waals surface area contributed by atoms with Gasteiger partial charge in [0, 0.05) is 33.1 Å². The standard InChI is InChI=1S/C28H23BrN4O2S/c1-19-4-2-5-20(14-19)17-31-33-28(35)25-16-23(29)8-9-26(25)32-27(34)22-7-3-6-21(15-22)18-36-24-10-12-30-13-11-24/h2-17H,18H2,1H3,(H,32,34)(H,33,35). The maximum absolute atomic E-state index is 13.0. The van der Waals surface area contributed by atoms with E-state index in [2.05, 4.69) is 36.8 Å². The van der Waals surface area contributed by atoms with E-state index in [0.29, 0.717) is 21.3 Å². The number of benzene rings is 3. The van der Waals surface area contributed by atoms with Gasteiger partial charge < -0.3 is 5.32 Å². The molecule has 0 aliphatic rings. The number of thioether (sulfide) groups is 1. The van der Waals surface area contributed by atoms with Crippen LogP contribution in [0.3, 0.4) is 0 Å². The highest BCUT2D eigenvalue weighted by molar-refractivity contribution is 9.10. The van der Waals surface area contributed by atoms with Crippen LogP contribution in [0.1, 0.15) is 37.4 Å². The normalized spacial score (nSPS) is 10.8.